The molecule has 2 amide bonds. The lowest BCUT2D eigenvalue weighted by molar-refractivity contribution is -0.128. The maximum atomic E-state index is 12.1. The summed E-state index contributed by atoms with van der Waals surface area (Å²) in [5.74, 6) is -0.0392. The lowest BCUT2D eigenvalue weighted by atomic mass is 10.0. The van der Waals surface area contributed by atoms with Gasteiger partial charge in [-0.25, -0.2) is 4.98 Å². The van der Waals surface area contributed by atoms with Gasteiger partial charge in [0, 0.05) is 10.9 Å². The molecule has 2 rings (SSSR count). The van der Waals surface area contributed by atoms with Gasteiger partial charge in [0.15, 0.2) is 0 Å². The molecule has 25 heavy (non-hydrogen) atoms. The zero-order valence-electron chi connectivity index (χ0n) is 14.6. The minimum absolute atomic E-state index is 0.0590. The number of nitrogens with two attached hydrogens (primary N) is 1. The zero-order chi connectivity index (χ0) is 18.4. The van der Waals surface area contributed by atoms with Crippen LogP contribution in [0.1, 0.15) is 26.5 Å². The Bertz CT molecular complexity index is 725. The van der Waals surface area contributed by atoms with Crippen LogP contribution in [0.4, 0.5) is 0 Å². The van der Waals surface area contributed by atoms with E-state index in [2.05, 4.69) is 10.3 Å². The van der Waals surface area contributed by atoms with E-state index >= 15 is 0 Å². The topological polar surface area (TPSA) is 94.3 Å². The lowest BCUT2D eigenvalue weighted by Gasteiger charge is -2.18. The highest BCUT2D eigenvalue weighted by Crippen LogP contribution is 2.26. The first-order valence-electron chi connectivity index (χ1n) is 8.17. The molecule has 0 fully saturated rings. The second-order valence-electron chi connectivity index (χ2n) is 5.97. The van der Waals surface area contributed by atoms with E-state index in [4.69, 9.17) is 10.5 Å². The highest BCUT2D eigenvalue weighted by atomic mass is 32.1. The molecule has 0 spiro atoms. The number of nitrogens with zero attached hydrogens (tertiary/aromatic N) is 1. The van der Waals surface area contributed by atoms with E-state index in [1.807, 2.05) is 50.4 Å². The van der Waals surface area contributed by atoms with Gasteiger partial charge in [-0.2, -0.15) is 0 Å². The van der Waals surface area contributed by atoms with Crippen LogP contribution in [0.3, 0.4) is 0 Å². The van der Waals surface area contributed by atoms with Crippen LogP contribution >= 0.6 is 11.3 Å². The van der Waals surface area contributed by atoms with Gasteiger partial charge >= 0.3 is 0 Å². The predicted molar refractivity (Wildman–Crippen MR) is 98.4 cm³/mol. The quantitative estimate of drug-likeness (QED) is 0.755. The van der Waals surface area contributed by atoms with Crippen LogP contribution < -0.4 is 15.8 Å². The van der Waals surface area contributed by atoms with E-state index in [9.17, 15) is 9.59 Å². The number of amides is 2. The van der Waals surface area contributed by atoms with Gasteiger partial charge in [0.1, 0.15) is 16.8 Å². The molecule has 7 heteroatoms. The predicted octanol–water partition coefficient (Wildman–Crippen LogP) is 2.38. The van der Waals surface area contributed by atoms with E-state index in [-0.39, 0.29) is 18.2 Å². The Kier molecular flexibility index (Phi) is 6.52. The van der Waals surface area contributed by atoms with Crippen LogP contribution in [0, 0.1) is 5.92 Å². The highest BCUT2D eigenvalue weighted by Gasteiger charge is 2.22. The Morgan fingerprint density at radius 1 is 1.28 bits per heavy atom. The lowest BCUT2D eigenvalue weighted by Crippen LogP contribution is -2.48. The van der Waals surface area contributed by atoms with E-state index in [0.717, 1.165) is 16.3 Å². The SMILES string of the molecule is CCOc1ccc(-c2nc(CC(=O)NC(C(N)=O)C(C)C)cs2)cc1. The summed E-state index contributed by atoms with van der Waals surface area (Å²) in [7, 11) is 0. The maximum Gasteiger partial charge on any atom is 0.240 e. The Morgan fingerprint density at radius 2 is 1.96 bits per heavy atom. The average Bonchev–Trinajstić information content (AvgIpc) is 3.01. The highest BCUT2D eigenvalue weighted by molar-refractivity contribution is 7.13. The molecular weight excluding hydrogens is 338 g/mol. The van der Waals surface area contributed by atoms with Gasteiger partial charge in [0.05, 0.1) is 18.7 Å². The largest absolute Gasteiger partial charge is 0.494 e. The normalized spacial score (nSPS) is 12.0. The van der Waals surface area contributed by atoms with Crippen molar-refractivity contribution in [3.8, 4) is 16.3 Å². The number of ether oxygens (including phenoxy) is 1. The molecule has 0 saturated heterocycles. The molecule has 2 aromatic rings. The second kappa shape index (κ2) is 8.62. The summed E-state index contributed by atoms with van der Waals surface area (Å²) in [6, 6.07) is 7.00. The van der Waals surface area contributed by atoms with Crippen LogP contribution in [-0.4, -0.2) is 29.4 Å². The van der Waals surface area contributed by atoms with Crippen LogP contribution in [-0.2, 0) is 16.0 Å². The number of hydrogen-bond donors (Lipinski definition) is 2. The number of aromatic nitrogens is 1. The summed E-state index contributed by atoms with van der Waals surface area (Å²) in [6.07, 6.45) is 0.115. The third-order valence-corrected chi connectivity index (χ3v) is 4.54. The molecule has 1 unspecified atom stereocenters. The number of hydrogen-bond acceptors (Lipinski definition) is 5. The van der Waals surface area contributed by atoms with Gasteiger partial charge < -0.3 is 15.8 Å². The minimum Gasteiger partial charge on any atom is -0.494 e. The first-order chi connectivity index (χ1) is 11.9. The Hall–Kier alpha value is -2.41. The van der Waals surface area contributed by atoms with Crippen molar-refractivity contribution >= 4 is 23.2 Å². The van der Waals surface area contributed by atoms with Crippen molar-refractivity contribution in [2.45, 2.75) is 33.2 Å². The summed E-state index contributed by atoms with van der Waals surface area (Å²) in [5.41, 5.74) is 6.95. The van der Waals surface area contributed by atoms with Crippen molar-refractivity contribution in [1.82, 2.24) is 10.3 Å². The average molecular weight is 361 g/mol. The molecule has 0 saturated carbocycles. The molecule has 1 aromatic carbocycles. The minimum atomic E-state index is -0.670. The van der Waals surface area contributed by atoms with Crippen LogP contribution in [0.15, 0.2) is 29.6 Å². The molecule has 3 N–H and O–H groups in total. The van der Waals surface area contributed by atoms with Gasteiger partial charge in [-0.05, 0) is 37.1 Å². The van der Waals surface area contributed by atoms with E-state index in [1.54, 1.807) is 0 Å². The first-order valence-corrected chi connectivity index (χ1v) is 9.05. The van der Waals surface area contributed by atoms with Gasteiger partial charge in [-0.3, -0.25) is 9.59 Å². The summed E-state index contributed by atoms with van der Waals surface area (Å²) in [6.45, 7) is 6.23. The van der Waals surface area contributed by atoms with Crippen LogP contribution in [0.5, 0.6) is 5.75 Å². The Balaban J connectivity index is 2.01. The van der Waals surface area contributed by atoms with Gasteiger partial charge in [0.2, 0.25) is 11.8 Å². The molecule has 0 bridgehead atoms. The number of carbonyl (C=O) groups excluding carboxylic acids is 2. The summed E-state index contributed by atoms with van der Waals surface area (Å²) >= 11 is 1.47. The standard InChI is InChI=1S/C18H23N3O3S/c1-4-24-14-7-5-12(6-8-14)18-20-13(10-25-18)9-15(22)21-16(11(2)3)17(19)23/h5-8,10-11,16H,4,9H2,1-3H3,(H2,19,23)(H,21,22). The molecule has 1 atom stereocenters. The number of nitrogens with one attached hydrogen (secondary N) is 1. The van der Waals surface area contributed by atoms with Crippen LogP contribution in [0.2, 0.25) is 0 Å². The first kappa shape index (κ1) is 18.9. The third kappa shape index (κ3) is 5.29. The Morgan fingerprint density at radius 3 is 2.52 bits per heavy atom. The molecule has 0 aliphatic rings. The maximum absolute atomic E-state index is 12.1. The number of carbonyl (C=O) groups is 2. The van der Waals surface area contributed by atoms with Crippen molar-refractivity contribution in [3.63, 3.8) is 0 Å². The van der Waals surface area contributed by atoms with Crippen molar-refractivity contribution in [2.75, 3.05) is 6.61 Å². The fourth-order valence-electron chi connectivity index (χ4n) is 2.34. The summed E-state index contributed by atoms with van der Waals surface area (Å²) in [4.78, 5) is 28.0. The second-order valence-corrected chi connectivity index (χ2v) is 6.83. The number of thiazole rings is 1. The molecule has 6 nitrogen and oxygen atoms in total. The smallest absolute Gasteiger partial charge is 0.240 e. The molecular formula is C18H23N3O3S. The molecule has 134 valence electrons. The van der Waals surface area contributed by atoms with Crippen molar-refractivity contribution < 1.29 is 14.3 Å². The van der Waals surface area contributed by atoms with Crippen molar-refractivity contribution in [2.24, 2.45) is 11.7 Å². The Labute approximate surface area is 151 Å². The third-order valence-electron chi connectivity index (χ3n) is 3.60. The van der Waals surface area contributed by atoms with Crippen molar-refractivity contribution in [1.29, 1.82) is 0 Å². The van der Waals surface area contributed by atoms with Gasteiger partial charge in [-0.15, -0.1) is 11.3 Å². The number of primary amides is 1. The summed E-state index contributed by atoms with van der Waals surface area (Å²) in [5, 5.41) is 5.35. The van der Waals surface area contributed by atoms with E-state index < -0.39 is 11.9 Å². The zero-order valence-corrected chi connectivity index (χ0v) is 15.4. The summed E-state index contributed by atoms with van der Waals surface area (Å²) < 4.78 is 5.42. The number of rotatable bonds is 8. The van der Waals surface area contributed by atoms with E-state index in [1.165, 1.54) is 11.3 Å². The van der Waals surface area contributed by atoms with Gasteiger partial charge in [-0.1, -0.05) is 13.8 Å². The van der Waals surface area contributed by atoms with Crippen molar-refractivity contribution in [3.05, 3.63) is 35.3 Å². The molecule has 1 aromatic heterocycles. The molecule has 0 radical (unpaired) electrons. The van der Waals surface area contributed by atoms with Crippen LogP contribution in [0.25, 0.3) is 10.6 Å². The molecule has 0 aliphatic carbocycles. The fourth-order valence-corrected chi connectivity index (χ4v) is 3.16. The number of benzene rings is 1. The van der Waals surface area contributed by atoms with Gasteiger partial charge in [0.25, 0.3) is 0 Å². The fraction of sp³-hybridized carbons (Fsp3) is 0.389. The van der Waals surface area contributed by atoms with E-state index in [0.29, 0.717) is 12.3 Å². The monoisotopic (exact) mass is 361 g/mol. The molecule has 1 heterocycles. The molecule has 0 aliphatic heterocycles.